The number of aromatic nitrogens is 2. The van der Waals surface area contributed by atoms with Crippen molar-refractivity contribution in [2.24, 2.45) is 16.8 Å². The first-order chi connectivity index (χ1) is 8.17. The van der Waals surface area contributed by atoms with Gasteiger partial charge < -0.3 is 10.9 Å². The molecular formula is C11H19N5O. The average Bonchev–Trinajstić information content (AvgIpc) is 2.38. The molecule has 0 radical (unpaired) electrons. The SMILES string of the molecule is CCN(Cc1ncccn1)CC(C)C(N)=NO. The Kier molecular flexibility index (Phi) is 5.35. The predicted molar refractivity (Wildman–Crippen MR) is 65.6 cm³/mol. The summed E-state index contributed by atoms with van der Waals surface area (Å²) < 4.78 is 0. The van der Waals surface area contributed by atoms with Crippen molar-refractivity contribution in [3.8, 4) is 0 Å². The lowest BCUT2D eigenvalue weighted by molar-refractivity contribution is 0.252. The molecule has 1 unspecified atom stereocenters. The smallest absolute Gasteiger partial charge is 0.143 e. The standard InChI is InChI=1S/C11H19N5O/c1-3-16(7-9(2)11(12)15-17)8-10-13-5-4-6-14-10/h4-6,9,17H,3,7-8H2,1-2H3,(H2,12,15). The molecule has 0 saturated heterocycles. The Morgan fingerprint density at radius 1 is 1.53 bits per heavy atom. The van der Waals surface area contributed by atoms with E-state index in [2.05, 4.69) is 26.9 Å². The molecule has 6 nitrogen and oxygen atoms in total. The third-order valence-electron chi connectivity index (χ3n) is 2.58. The zero-order valence-electron chi connectivity index (χ0n) is 10.2. The highest BCUT2D eigenvalue weighted by Gasteiger charge is 2.13. The third-order valence-corrected chi connectivity index (χ3v) is 2.58. The van der Waals surface area contributed by atoms with E-state index in [0.29, 0.717) is 13.1 Å². The zero-order valence-corrected chi connectivity index (χ0v) is 10.2. The topological polar surface area (TPSA) is 87.6 Å². The van der Waals surface area contributed by atoms with Gasteiger partial charge in [0.25, 0.3) is 0 Å². The molecule has 0 amide bonds. The predicted octanol–water partition coefficient (Wildman–Crippen LogP) is 0.681. The minimum atomic E-state index is 0.00339. The largest absolute Gasteiger partial charge is 0.409 e. The number of rotatable bonds is 6. The molecular weight excluding hydrogens is 218 g/mol. The van der Waals surface area contributed by atoms with Gasteiger partial charge in [0, 0.05) is 24.9 Å². The number of nitrogens with two attached hydrogens (primary N) is 1. The van der Waals surface area contributed by atoms with Gasteiger partial charge in [-0.05, 0) is 12.6 Å². The maximum absolute atomic E-state index is 8.60. The first kappa shape index (κ1) is 13.4. The summed E-state index contributed by atoms with van der Waals surface area (Å²) in [6.07, 6.45) is 3.45. The summed E-state index contributed by atoms with van der Waals surface area (Å²) in [5.74, 6) is 1.03. The fraction of sp³-hybridized carbons (Fsp3) is 0.545. The third kappa shape index (κ3) is 4.36. The lowest BCUT2D eigenvalue weighted by Crippen LogP contribution is -2.35. The summed E-state index contributed by atoms with van der Waals surface area (Å²) in [5, 5.41) is 11.6. The minimum Gasteiger partial charge on any atom is -0.409 e. The molecule has 1 aromatic heterocycles. The van der Waals surface area contributed by atoms with Crippen LogP contribution in [0.3, 0.4) is 0 Å². The average molecular weight is 237 g/mol. The van der Waals surface area contributed by atoms with Crippen LogP contribution in [0.4, 0.5) is 0 Å². The molecule has 0 aliphatic heterocycles. The van der Waals surface area contributed by atoms with Gasteiger partial charge in [-0.1, -0.05) is 19.0 Å². The molecule has 0 saturated carbocycles. The summed E-state index contributed by atoms with van der Waals surface area (Å²) in [5.41, 5.74) is 5.55. The number of hydrogen-bond donors (Lipinski definition) is 2. The van der Waals surface area contributed by atoms with Gasteiger partial charge in [0.1, 0.15) is 11.7 Å². The van der Waals surface area contributed by atoms with Crippen LogP contribution in [0.15, 0.2) is 23.6 Å². The first-order valence-corrected chi connectivity index (χ1v) is 5.63. The molecule has 94 valence electrons. The summed E-state index contributed by atoms with van der Waals surface area (Å²) in [4.78, 5) is 10.5. The Bertz CT molecular complexity index is 354. The van der Waals surface area contributed by atoms with Crippen LogP contribution in [-0.2, 0) is 6.54 Å². The second-order valence-electron chi connectivity index (χ2n) is 3.92. The van der Waals surface area contributed by atoms with E-state index < -0.39 is 0 Å². The van der Waals surface area contributed by atoms with Gasteiger partial charge in [-0.15, -0.1) is 0 Å². The number of oxime groups is 1. The van der Waals surface area contributed by atoms with Crippen LogP contribution in [-0.4, -0.2) is 39.0 Å². The highest BCUT2D eigenvalue weighted by atomic mass is 16.4. The molecule has 1 aromatic rings. The minimum absolute atomic E-state index is 0.00339. The van der Waals surface area contributed by atoms with E-state index >= 15 is 0 Å². The Labute approximate surface area is 101 Å². The summed E-state index contributed by atoms with van der Waals surface area (Å²) >= 11 is 0. The lowest BCUT2D eigenvalue weighted by atomic mass is 10.1. The van der Waals surface area contributed by atoms with Crippen molar-refractivity contribution in [1.29, 1.82) is 0 Å². The van der Waals surface area contributed by atoms with Gasteiger partial charge >= 0.3 is 0 Å². The molecule has 1 heterocycles. The summed E-state index contributed by atoms with van der Waals surface area (Å²) in [7, 11) is 0. The van der Waals surface area contributed by atoms with E-state index in [-0.39, 0.29) is 11.8 Å². The van der Waals surface area contributed by atoms with E-state index in [1.54, 1.807) is 18.5 Å². The fourth-order valence-electron chi connectivity index (χ4n) is 1.50. The van der Waals surface area contributed by atoms with E-state index in [1.807, 2.05) is 6.92 Å². The zero-order chi connectivity index (χ0) is 12.7. The molecule has 1 rings (SSSR count). The van der Waals surface area contributed by atoms with Crippen LogP contribution in [0, 0.1) is 5.92 Å². The number of amidine groups is 1. The van der Waals surface area contributed by atoms with E-state index in [1.165, 1.54) is 0 Å². The first-order valence-electron chi connectivity index (χ1n) is 5.63. The molecule has 0 aromatic carbocycles. The van der Waals surface area contributed by atoms with Crippen LogP contribution in [0.25, 0.3) is 0 Å². The van der Waals surface area contributed by atoms with Crippen LogP contribution >= 0.6 is 0 Å². The van der Waals surface area contributed by atoms with Crippen molar-refractivity contribution in [2.45, 2.75) is 20.4 Å². The molecule has 17 heavy (non-hydrogen) atoms. The molecule has 0 fully saturated rings. The maximum atomic E-state index is 8.60. The molecule has 1 atom stereocenters. The van der Waals surface area contributed by atoms with Crippen LogP contribution < -0.4 is 5.73 Å². The van der Waals surface area contributed by atoms with Crippen LogP contribution in [0.2, 0.25) is 0 Å². The highest BCUT2D eigenvalue weighted by molar-refractivity contribution is 5.82. The molecule has 0 aliphatic carbocycles. The Morgan fingerprint density at radius 3 is 2.71 bits per heavy atom. The summed E-state index contributed by atoms with van der Waals surface area (Å²) in [6.45, 7) is 6.22. The van der Waals surface area contributed by atoms with Crippen molar-refractivity contribution in [1.82, 2.24) is 14.9 Å². The second-order valence-corrected chi connectivity index (χ2v) is 3.92. The highest BCUT2D eigenvalue weighted by Crippen LogP contribution is 2.03. The molecule has 6 heteroatoms. The second kappa shape index (κ2) is 6.80. The fourth-order valence-corrected chi connectivity index (χ4v) is 1.50. The monoisotopic (exact) mass is 237 g/mol. The van der Waals surface area contributed by atoms with Gasteiger partial charge in [-0.3, -0.25) is 4.90 Å². The normalized spacial score (nSPS) is 13.9. The summed E-state index contributed by atoms with van der Waals surface area (Å²) in [6, 6.07) is 1.79. The van der Waals surface area contributed by atoms with E-state index in [9.17, 15) is 0 Å². The lowest BCUT2D eigenvalue weighted by Gasteiger charge is -2.22. The Hall–Kier alpha value is -1.69. The van der Waals surface area contributed by atoms with Crippen molar-refractivity contribution in [3.63, 3.8) is 0 Å². The quantitative estimate of drug-likeness (QED) is 0.329. The molecule has 3 N–H and O–H groups in total. The molecule has 0 spiro atoms. The maximum Gasteiger partial charge on any atom is 0.143 e. The molecule has 0 aliphatic rings. The van der Waals surface area contributed by atoms with Crippen molar-refractivity contribution in [3.05, 3.63) is 24.3 Å². The van der Waals surface area contributed by atoms with Crippen molar-refractivity contribution in [2.75, 3.05) is 13.1 Å². The van der Waals surface area contributed by atoms with Crippen LogP contribution in [0.5, 0.6) is 0 Å². The Balaban J connectivity index is 2.55. The Morgan fingerprint density at radius 2 is 2.18 bits per heavy atom. The van der Waals surface area contributed by atoms with Gasteiger partial charge in [-0.2, -0.15) is 0 Å². The molecule has 0 bridgehead atoms. The van der Waals surface area contributed by atoms with Gasteiger partial charge in [0.15, 0.2) is 0 Å². The van der Waals surface area contributed by atoms with Crippen LogP contribution in [0.1, 0.15) is 19.7 Å². The van der Waals surface area contributed by atoms with Crippen molar-refractivity contribution >= 4 is 5.84 Å². The van der Waals surface area contributed by atoms with Gasteiger partial charge in [0.05, 0.1) is 6.54 Å². The number of hydrogen-bond acceptors (Lipinski definition) is 5. The van der Waals surface area contributed by atoms with E-state index in [4.69, 9.17) is 10.9 Å². The van der Waals surface area contributed by atoms with Gasteiger partial charge in [-0.25, -0.2) is 9.97 Å². The van der Waals surface area contributed by atoms with E-state index in [0.717, 1.165) is 12.4 Å². The van der Waals surface area contributed by atoms with Crippen molar-refractivity contribution < 1.29 is 5.21 Å². The van der Waals surface area contributed by atoms with Gasteiger partial charge in [0.2, 0.25) is 0 Å². The number of nitrogens with zero attached hydrogens (tertiary/aromatic N) is 4.